The third-order valence-electron chi connectivity index (χ3n) is 5.17. The predicted octanol–water partition coefficient (Wildman–Crippen LogP) is 4.68. The molecule has 1 aliphatic rings. The van der Waals surface area contributed by atoms with Crippen LogP contribution in [0.2, 0.25) is 18.1 Å². The number of hydrogen-bond acceptors (Lipinski definition) is 1. The fourth-order valence-corrected chi connectivity index (χ4v) is 7.92. The van der Waals surface area contributed by atoms with E-state index in [1.165, 1.54) is 44.6 Å². The van der Waals surface area contributed by atoms with Gasteiger partial charge >= 0.3 is 0 Å². The van der Waals surface area contributed by atoms with Crippen LogP contribution in [0.3, 0.4) is 0 Å². The fraction of sp³-hybridized carbons (Fsp3) is 0.500. The monoisotopic (exact) mass is 351 g/mol. The standard InChI is InChI=1S/C16H22BrNOSi/c1-4-20(5-2,6-3)16-12-10-19-9-11-13(17)7-8-14(18-16)15(11)12/h7-8,18H,4-6,9-10H2,1-3H3. The van der Waals surface area contributed by atoms with Gasteiger partial charge in [0.1, 0.15) is 8.07 Å². The Balaban J connectivity index is 2.31. The second-order valence-electron chi connectivity index (χ2n) is 5.76. The van der Waals surface area contributed by atoms with E-state index in [1.54, 1.807) is 5.32 Å². The van der Waals surface area contributed by atoms with E-state index in [2.05, 4.69) is 53.8 Å². The summed E-state index contributed by atoms with van der Waals surface area (Å²) in [6, 6.07) is 8.26. The van der Waals surface area contributed by atoms with Crippen LogP contribution in [0.5, 0.6) is 0 Å². The van der Waals surface area contributed by atoms with Crippen molar-refractivity contribution in [1.29, 1.82) is 0 Å². The first kappa shape index (κ1) is 14.4. The lowest BCUT2D eigenvalue weighted by molar-refractivity contribution is 0.103. The molecule has 0 radical (unpaired) electrons. The van der Waals surface area contributed by atoms with Crippen LogP contribution < -0.4 is 5.32 Å². The van der Waals surface area contributed by atoms with E-state index in [-0.39, 0.29) is 0 Å². The molecular weight excluding hydrogens is 330 g/mol. The molecule has 0 spiro atoms. The molecule has 0 aliphatic carbocycles. The smallest absolute Gasteiger partial charge is 0.107 e. The Hall–Kier alpha value is -0.583. The van der Waals surface area contributed by atoms with Crippen molar-refractivity contribution in [3.05, 3.63) is 27.7 Å². The number of aromatic nitrogens is 1. The van der Waals surface area contributed by atoms with Crippen molar-refractivity contribution in [2.24, 2.45) is 0 Å². The van der Waals surface area contributed by atoms with Crippen LogP contribution in [0.15, 0.2) is 16.6 Å². The van der Waals surface area contributed by atoms with Gasteiger partial charge < -0.3 is 9.72 Å². The zero-order chi connectivity index (χ0) is 14.3. The summed E-state index contributed by atoms with van der Waals surface area (Å²) < 4.78 is 7.04. The largest absolute Gasteiger partial charge is 0.372 e. The SMILES string of the molecule is CC[Si](CC)(CC)c1[nH]c2ccc(Br)c3c2c1COC3. The van der Waals surface area contributed by atoms with Crippen molar-refractivity contribution >= 4 is 40.2 Å². The summed E-state index contributed by atoms with van der Waals surface area (Å²) in [6.45, 7) is 8.57. The summed E-state index contributed by atoms with van der Waals surface area (Å²) in [6.07, 6.45) is 0. The quantitative estimate of drug-likeness (QED) is 0.795. The van der Waals surface area contributed by atoms with E-state index in [9.17, 15) is 0 Å². The Kier molecular flexibility index (Phi) is 3.82. The van der Waals surface area contributed by atoms with E-state index in [0.29, 0.717) is 0 Å². The van der Waals surface area contributed by atoms with Gasteiger partial charge in [-0.1, -0.05) is 54.8 Å². The highest BCUT2D eigenvalue weighted by Gasteiger charge is 2.35. The second-order valence-corrected chi connectivity index (χ2v) is 11.8. The van der Waals surface area contributed by atoms with Crippen molar-refractivity contribution in [2.45, 2.75) is 52.1 Å². The average molecular weight is 352 g/mol. The Morgan fingerprint density at radius 2 is 1.75 bits per heavy atom. The molecule has 2 heterocycles. The minimum absolute atomic E-state index is 0.723. The average Bonchev–Trinajstić information content (AvgIpc) is 2.87. The Labute approximate surface area is 130 Å². The lowest BCUT2D eigenvalue weighted by Crippen LogP contribution is -2.48. The van der Waals surface area contributed by atoms with Gasteiger partial charge in [0.15, 0.2) is 0 Å². The highest BCUT2D eigenvalue weighted by Crippen LogP contribution is 2.35. The molecule has 0 fully saturated rings. The number of halogens is 1. The van der Waals surface area contributed by atoms with Crippen molar-refractivity contribution in [1.82, 2.24) is 4.98 Å². The maximum atomic E-state index is 5.87. The first-order valence-electron chi connectivity index (χ1n) is 7.57. The summed E-state index contributed by atoms with van der Waals surface area (Å²) in [7, 11) is -1.40. The van der Waals surface area contributed by atoms with Gasteiger partial charge in [0.05, 0.1) is 13.2 Å². The normalized spacial score (nSPS) is 15.0. The number of benzene rings is 1. The lowest BCUT2D eigenvalue weighted by atomic mass is 10.1. The minimum Gasteiger partial charge on any atom is -0.372 e. The molecule has 2 aromatic rings. The van der Waals surface area contributed by atoms with Crippen LogP contribution in [0.1, 0.15) is 31.9 Å². The van der Waals surface area contributed by atoms with Gasteiger partial charge in [-0.15, -0.1) is 0 Å². The molecule has 1 aromatic carbocycles. The number of aromatic amines is 1. The minimum atomic E-state index is -1.40. The first-order valence-corrected chi connectivity index (χ1v) is 11.0. The number of hydrogen-bond donors (Lipinski definition) is 1. The Bertz CT molecular complexity index is 637. The molecule has 0 saturated heterocycles. The molecule has 0 amide bonds. The van der Waals surface area contributed by atoms with Crippen molar-refractivity contribution < 1.29 is 4.74 Å². The zero-order valence-corrected chi connectivity index (χ0v) is 15.1. The number of H-pyrrole nitrogens is 1. The van der Waals surface area contributed by atoms with Gasteiger partial charge in [-0.2, -0.15) is 0 Å². The van der Waals surface area contributed by atoms with Gasteiger partial charge in [0.2, 0.25) is 0 Å². The van der Waals surface area contributed by atoms with Gasteiger partial charge in [-0.05, 0) is 12.1 Å². The third-order valence-corrected chi connectivity index (χ3v) is 11.5. The Morgan fingerprint density at radius 3 is 2.40 bits per heavy atom. The number of ether oxygens (including phenoxy) is 1. The maximum Gasteiger partial charge on any atom is 0.107 e. The van der Waals surface area contributed by atoms with E-state index in [1.807, 2.05) is 0 Å². The molecule has 0 unspecified atom stereocenters. The van der Waals surface area contributed by atoms with Crippen LogP contribution in [0.25, 0.3) is 10.9 Å². The molecule has 2 nitrogen and oxygen atoms in total. The molecular formula is C16H22BrNOSi. The van der Waals surface area contributed by atoms with Crippen LogP contribution in [-0.4, -0.2) is 13.1 Å². The number of nitrogens with one attached hydrogen (secondary N) is 1. The summed E-state index contributed by atoms with van der Waals surface area (Å²) in [4.78, 5) is 3.78. The topological polar surface area (TPSA) is 25.0 Å². The van der Waals surface area contributed by atoms with Gasteiger partial charge in [-0.3, -0.25) is 0 Å². The maximum absolute atomic E-state index is 5.87. The zero-order valence-electron chi connectivity index (χ0n) is 12.5. The molecule has 1 N–H and O–H groups in total. The summed E-state index contributed by atoms with van der Waals surface area (Å²) in [5.74, 6) is 0. The van der Waals surface area contributed by atoms with Crippen LogP contribution in [0.4, 0.5) is 0 Å². The van der Waals surface area contributed by atoms with Crippen molar-refractivity contribution in [2.75, 3.05) is 0 Å². The molecule has 1 aromatic heterocycles. The molecule has 0 saturated carbocycles. The molecule has 20 heavy (non-hydrogen) atoms. The van der Waals surface area contributed by atoms with Crippen molar-refractivity contribution in [3.8, 4) is 0 Å². The molecule has 4 heteroatoms. The van der Waals surface area contributed by atoms with Gasteiger partial charge in [-0.25, -0.2) is 0 Å². The highest BCUT2D eigenvalue weighted by molar-refractivity contribution is 9.10. The second kappa shape index (κ2) is 5.32. The summed E-state index contributed by atoms with van der Waals surface area (Å²) in [5, 5.41) is 2.96. The van der Waals surface area contributed by atoms with E-state index < -0.39 is 8.07 Å². The lowest BCUT2D eigenvalue weighted by Gasteiger charge is -2.29. The molecule has 108 valence electrons. The predicted molar refractivity (Wildman–Crippen MR) is 91.3 cm³/mol. The van der Waals surface area contributed by atoms with Crippen LogP contribution in [0, 0.1) is 0 Å². The number of rotatable bonds is 4. The summed E-state index contributed by atoms with van der Waals surface area (Å²) >= 11 is 3.67. The highest BCUT2D eigenvalue weighted by atomic mass is 79.9. The van der Waals surface area contributed by atoms with Gasteiger partial charge in [0.25, 0.3) is 0 Å². The van der Waals surface area contributed by atoms with E-state index in [4.69, 9.17) is 4.74 Å². The fourth-order valence-electron chi connectivity index (χ4n) is 3.68. The Morgan fingerprint density at radius 1 is 1.10 bits per heavy atom. The molecule has 3 rings (SSSR count). The molecule has 0 atom stereocenters. The summed E-state index contributed by atoms with van der Waals surface area (Å²) in [5.41, 5.74) is 4.06. The first-order chi connectivity index (χ1) is 9.66. The van der Waals surface area contributed by atoms with Gasteiger partial charge in [0, 0.05) is 31.8 Å². The van der Waals surface area contributed by atoms with E-state index in [0.717, 1.165) is 13.2 Å². The van der Waals surface area contributed by atoms with Crippen LogP contribution >= 0.6 is 15.9 Å². The van der Waals surface area contributed by atoms with Crippen molar-refractivity contribution in [3.63, 3.8) is 0 Å². The molecule has 0 bridgehead atoms. The van der Waals surface area contributed by atoms with E-state index >= 15 is 0 Å². The third kappa shape index (κ3) is 1.92. The molecule has 1 aliphatic heterocycles. The van der Waals surface area contributed by atoms with Crippen LogP contribution in [-0.2, 0) is 18.0 Å².